The van der Waals surface area contributed by atoms with Gasteiger partial charge in [-0.2, -0.15) is 0 Å². The molecule has 0 atom stereocenters. The zero-order valence-corrected chi connectivity index (χ0v) is 28.5. The summed E-state index contributed by atoms with van der Waals surface area (Å²) in [5, 5.41) is 15.0. The van der Waals surface area contributed by atoms with E-state index in [0.717, 1.165) is 33.7 Å². The van der Waals surface area contributed by atoms with Gasteiger partial charge in [0.2, 0.25) is 0 Å². The van der Waals surface area contributed by atoms with E-state index in [9.17, 15) is 0 Å². The Morgan fingerprint density at radius 2 is 0.981 bits per heavy atom. The second-order valence-electron chi connectivity index (χ2n) is 14.3. The predicted molar refractivity (Wildman–Crippen MR) is 223 cm³/mol. The van der Waals surface area contributed by atoms with E-state index in [1.165, 1.54) is 81.2 Å². The second kappa shape index (κ2) is 9.78. The van der Waals surface area contributed by atoms with Crippen LogP contribution in [0.15, 0.2) is 170 Å². The lowest BCUT2D eigenvalue weighted by Crippen LogP contribution is -2.11. The molecule has 8 aromatic carbocycles. The molecule has 0 aliphatic carbocycles. The van der Waals surface area contributed by atoms with E-state index in [1.54, 1.807) is 0 Å². The van der Waals surface area contributed by atoms with Crippen LogP contribution in [-0.4, -0.2) is 13.8 Å². The molecule has 0 unspecified atom stereocenters. The summed E-state index contributed by atoms with van der Waals surface area (Å²) in [7, 11) is 0. The third-order valence-corrected chi connectivity index (χ3v) is 11.7. The number of rotatable bonds is 3. The average molecular weight is 673 g/mol. The summed E-state index contributed by atoms with van der Waals surface area (Å²) in [4.78, 5) is 7.92. The van der Waals surface area contributed by atoms with Gasteiger partial charge in [0.15, 0.2) is 0 Å². The molecule has 4 nitrogen and oxygen atoms in total. The van der Waals surface area contributed by atoms with Gasteiger partial charge in [-0.3, -0.25) is 4.40 Å². The summed E-state index contributed by atoms with van der Waals surface area (Å²) in [5.41, 5.74) is 10.3. The zero-order valence-electron chi connectivity index (χ0n) is 28.5. The molecule has 5 heterocycles. The largest absolute Gasteiger partial charge is 0.308 e. The van der Waals surface area contributed by atoms with Crippen LogP contribution in [0.3, 0.4) is 0 Å². The van der Waals surface area contributed by atoms with Crippen molar-refractivity contribution in [2.24, 2.45) is 0 Å². The number of hydrogen-bond acceptors (Lipinski definition) is 2. The summed E-state index contributed by atoms with van der Waals surface area (Å²) in [5.74, 6) is 0. The highest BCUT2D eigenvalue weighted by molar-refractivity contribution is 6.41. The predicted octanol–water partition coefficient (Wildman–Crippen LogP) is 13.2. The maximum absolute atomic E-state index is 5.51. The molecule has 4 heteroatoms. The van der Waals surface area contributed by atoms with Crippen LogP contribution in [0.2, 0.25) is 0 Å². The summed E-state index contributed by atoms with van der Waals surface area (Å²) >= 11 is 0. The number of aromatic nitrogens is 3. The number of para-hydroxylation sites is 4. The second-order valence-corrected chi connectivity index (χ2v) is 14.3. The van der Waals surface area contributed by atoms with Crippen molar-refractivity contribution in [3.63, 3.8) is 0 Å². The fourth-order valence-electron chi connectivity index (χ4n) is 9.72. The van der Waals surface area contributed by atoms with E-state index in [-0.39, 0.29) is 0 Å². The molecule has 0 aliphatic heterocycles. The average Bonchev–Trinajstić information content (AvgIpc) is 3.95. The molecule has 0 amide bonds. The van der Waals surface area contributed by atoms with E-state index >= 15 is 0 Å². The van der Waals surface area contributed by atoms with E-state index < -0.39 is 0 Å². The number of anilines is 3. The minimum Gasteiger partial charge on any atom is -0.308 e. The van der Waals surface area contributed by atoms with E-state index in [4.69, 9.17) is 4.98 Å². The summed E-state index contributed by atoms with van der Waals surface area (Å²) in [6, 6.07) is 59.7. The smallest absolute Gasteiger partial charge is 0.146 e. The van der Waals surface area contributed by atoms with Gasteiger partial charge in [-0.1, -0.05) is 121 Å². The van der Waals surface area contributed by atoms with Crippen LogP contribution in [-0.2, 0) is 0 Å². The Kier molecular flexibility index (Phi) is 5.08. The highest BCUT2D eigenvalue weighted by Gasteiger charge is 2.29. The van der Waals surface area contributed by atoms with Crippen LogP contribution < -0.4 is 4.90 Å². The molecule has 0 radical (unpaired) electrons. The monoisotopic (exact) mass is 672 g/mol. The molecule has 0 saturated heterocycles. The van der Waals surface area contributed by atoms with Gasteiger partial charge in [0.05, 0.1) is 39.5 Å². The third kappa shape index (κ3) is 3.34. The number of benzene rings is 8. The molecular weight excluding hydrogens is 645 g/mol. The van der Waals surface area contributed by atoms with Gasteiger partial charge in [0.1, 0.15) is 5.65 Å². The molecule has 0 N–H and O–H groups in total. The first kappa shape index (κ1) is 27.5. The van der Waals surface area contributed by atoms with Crippen LogP contribution >= 0.6 is 0 Å². The van der Waals surface area contributed by atoms with Crippen molar-refractivity contribution in [1.82, 2.24) is 13.8 Å². The Hall–Kier alpha value is -7.17. The van der Waals surface area contributed by atoms with Gasteiger partial charge >= 0.3 is 0 Å². The van der Waals surface area contributed by atoms with Gasteiger partial charge in [-0.15, -0.1) is 0 Å². The molecule has 13 aromatic rings. The SMILES string of the molecule is c1ccc(N(c2ccccc2)c2cc3ccccc3c3c4cc5ccccc5c5c6c7c8cccc9c%10ccccc%10n(c7cnc6n(c23)c45)c98)cc1. The molecule has 0 bridgehead atoms. The fourth-order valence-corrected chi connectivity index (χ4v) is 9.72. The maximum Gasteiger partial charge on any atom is 0.146 e. The third-order valence-electron chi connectivity index (χ3n) is 11.7. The lowest BCUT2D eigenvalue weighted by molar-refractivity contribution is 1.24. The Balaban J connectivity index is 1.33. The van der Waals surface area contributed by atoms with Crippen LogP contribution in [0.4, 0.5) is 17.1 Å². The standard InChI is InChI=1S/C49H28N4/c1-3-16-31(17-4-1)51(32-18-5-2-6-19-32)40-27-30-15-8-9-20-33(30)42-38-26-29-14-7-10-21-34(29)44-45-43-37-24-13-23-36-35-22-11-12-25-39(35)52(46(36)37)41(43)28-50-49(45)53(47(38)44)48(40)42/h1-28H. The quantitative estimate of drug-likeness (QED) is 0.187. The molecule has 0 saturated carbocycles. The Morgan fingerprint density at radius 3 is 1.74 bits per heavy atom. The molecular formula is C49H28N4. The van der Waals surface area contributed by atoms with Gasteiger partial charge in [-0.25, -0.2) is 4.98 Å². The van der Waals surface area contributed by atoms with Crippen LogP contribution in [0.5, 0.6) is 0 Å². The van der Waals surface area contributed by atoms with E-state index in [1.807, 2.05) is 0 Å². The highest BCUT2D eigenvalue weighted by Crippen LogP contribution is 2.52. The molecule has 0 spiro atoms. The molecule has 5 aromatic heterocycles. The van der Waals surface area contributed by atoms with Crippen LogP contribution in [0.25, 0.3) is 97.9 Å². The lowest BCUT2D eigenvalue weighted by atomic mass is 9.96. The topological polar surface area (TPSA) is 24.9 Å². The van der Waals surface area contributed by atoms with Gasteiger partial charge in [-0.05, 0) is 64.0 Å². The minimum atomic E-state index is 0.986. The van der Waals surface area contributed by atoms with Crippen molar-refractivity contribution in [3.8, 4) is 0 Å². The van der Waals surface area contributed by atoms with Crippen molar-refractivity contribution >= 4 is 115 Å². The van der Waals surface area contributed by atoms with Crippen molar-refractivity contribution < 1.29 is 0 Å². The van der Waals surface area contributed by atoms with Crippen molar-refractivity contribution in [2.75, 3.05) is 4.90 Å². The highest BCUT2D eigenvalue weighted by atomic mass is 15.2. The number of pyridine rings is 1. The fraction of sp³-hybridized carbons (Fsp3) is 0. The zero-order chi connectivity index (χ0) is 34.4. The Labute approximate surface area is 302 Å². The molecule has 53 heavy (non-hydrogen) atoms. The van der Waals surface area contributed by atoms with Gasteiger partial charge in [0, 0.05) is 54.5 Å². The first-order valence-corrected chi connectivity index (χ1v) is 18.2. The maximum atomic E-state index is 5.51. The molecule has 0 fully saturated rings. The number of fused-ring (bicyclic) bond motifs is 17. The number of hydrogen-bond donors (Lipinski definition) is 0. The molecule has 0 aliphatic rings. The number of nitrogens with zero attached hydrogens (tertiary/aromatic N) is 4. The normalized spacial score (nSPS) is 12.5. The lowest BCUT2D eigenvalue weighted by Gasteiger charge is -2.27. The van der Waals surface area contributed by atoms with Crippen LogP contribution in [0, 0.1) is 0 Å². The van der Waals surface area contributed by atoms with Crippen molar-refractivity contribution in [1.29, 1.82) is 0 Å². The first-order chi connectivity index (χ1) is 26.3. The first-order valence-electron chi connectivity index (χ1n) is 18.2. The van der Waals surface area contributed by atoms with Crippen molar-refractivity contribution in [3.05, 3.63) is 170 Å². The van der Waals surface area contributed by atoms with Gasteiger partial charge in [0.25, 0.3) is 0 Å². The van der Waals surface area contributed by atoms with Crippen LogP contribution in [0.1, 0.15) is 0 Å². The summed E-state index contributed by atoms with van der Waals surface area (Å²) in [6.07, 6.45) is 2.12. The minimum absolute atomic E-state index is 0.986. The summed E-state index contributed by atoms with van der Waals surface area (Å²) in [6.45, 7) is 0. The summed E-state index contributed by atoms with van der Waals surface area (Å²) < 4.78 is 4.94. The van der Waals surface area contributed by atoms with Crippen molar-refractivity contribution in [2.45, 2.75) is 0 Å². The molecule has 13 rings (SSSR count). The van der Waals surface area contributed by atoms with E-state index in [2.05, 4.69) is 184 Å². The molecule has 244 valence electrons. The van der Waals surface area contributed by atoms with E-state index in [0.29, 0.717) is 0 Å². The Morgan fingerprint density at radius 1 is 0.377 bits per heavy atom. The Bertz CT molecular complexity index is 3580. The van der Waals surface area contributed by atoms with Gasteiger partial charge < -0.3 is 9.30 Å².